The second-order valence-corrected chi connectivity index (χ2v) is 6.95. The summed E-state index contributed by atoms with van der Waals surface area (Å²) in [6, 6.07) is 6.88. The van der Waals surface area contributed by atoms with Crippen molar-refractivity contribution in [2.45, 2.75) is 31.3 Å². The summed E-state index contributed by atoms with van der Waals surface area (Å²) in [6.07, 6.45) is 0.112. The number of sulfonamides is 1. The van der Waals surface area contributed by atoms with Crippen LogP contribution >= 0.6 is 0 Å². The highest BCUT2D eigenvalue weighted by Gasteiger charge is 2.32. The van der Waals surface area contributed by atoms with Crippen molar-refractivity contribution in [2.24, 2.45) is 5.92 Å². The molecule has 100 valence electrons. The molecule has 1 aliphatic rings. The third kappa shape index (κ3) is 2.58. The van der Waals surface area contributed by atoms with E-state index in [1.165, 1.54) is 4.31 Å². The molecule has 0 bridgehead atoms. The van der Waals surface area contributed by atoms with E-state index in [2.05, 4.69) is 0 Å². The molecule has 0 saturated carbocycles. The lowest BCUT2D eigenvalue weighted by molar-refractivity contribution is 0.0628. The third-order valence-corrected chi connectivity index (χ3v) is 5.36. The molecular weight excluding hydrogens is 250 g/mol. The number of rotatable bonds is 2. The Hall–Kier alpha value is -0.910. The van der Waals surface area contributed by atoms with Gasteiger partial charge in [0.2, 0.25) is 10.0 Å². The minimum Gasteiger partial charge on any atom is -0.393 e. The zero-order valence-electron chi connectivity index (χ0n) is 10.7. The van der Waals surface area contributed by atoms with E-state index in [0.29, 0.717) is 24.4 Å². The molecule has 0 spiro atoms. The largest absolute Gasteiger partial charge is 0.393 e. The fraction of sp³-hybridized carbons (Fsp3) is 0.538. The number of aliphatic hydroxyl groups is 1. The van der Waals surface area contributed by atoms with Gasteiger partial charge in [-0.05, 0) is 31.4 Å². The molecule has 2 rings (SSSR count). The average molecular weight is 269 g/mol. The Morgan fingerprint density at radius 3 is 2.44 bits per heavy atom. The number of benzene rings is 1. The molecule has 1 fully saturated rings. The summed E-state index contributed by atoms with van der Waals surface area (Å²) in [5.41, 5.74) is 1.04. The predicted molar refractivity (Wildman–Crippen MR) is 69.7 cm³/mol. The van der Waals surface area contributed by atoms with Gasteiger partial charge in [0.1, 0.15) is 0 Å². The number of piperidine rings is 1. The van der Waals surface area contributed by atoms with Crippen molar-refractivity contribution < 1.29 is 13.5 Å². The number of hydrogen-bond donors (Lipinski definition) is 1. The highest BCUT2D eigenvalue weighted by molar-refractivity contribution is 7.89. The van der Waals surface area contributed by atoms with Gasteiger partial charge in [0.15, 0.2) is 0 Å². The molecule has 0 aliphatic carbocycles. The molecule has 1 heterocycles. The van der Waals surface area contributed by atoms with Crippen molar-refractivity contribution in [3.63, 3.8) is 0 Å². The van der Waals surface area contributed by atoms with Crippen molar-refractivity contribution in [2.75, 3.05) is 13.1 Å². The summed E-state index contributed by atoms with van der Waals surface area (Å²) in [5, 5.41) is 9.65. The molecule has 1 N–H and O–H groups in total. The second-order valence-electron chi connectivity index (χ2n) is 5.01. The Bertz CT molecular complexity index is 510. The van der Waals surface area contributed by atoms with Crippen molar-refractivity contribution in [1.82, 2.24) is 4.31 Å². The van der Waals surface area contributed by atoms with Gasteiger partial charge in [-0.25, -0.2) is 8.42 Å². The molecular formula is C13H19NO3S. The van der Waals surface area contributed by atoms with Gasteiger partial charge in [-0.2, -0.15) is 4.31 Å². The van der Waals surface area contributed by atoms with Crippen LogP contribution in [-0.4, -0.2) is 37.0 Å². The molecule has 2 unspecified atom stereocenters. The van der Waals surface area contributed by atoms with Crippen LogP contribution in [0, 0.1) is 12.8 Å². The van der Waals surface area contributed by atoms with E-state index in [1.807, 2.05) is 13.8 Å². The van der Waals surface area contributed by atoms with E-state index < -0.39 is 16.1 Å². The summed E-state index contributed by atoms with van der Waals surface area (Å²) >= 11 is 0. The molecule has 0 radical (unpaired) electrons. The maximum absolute atomic E-state index is 12.4. The molecule has 1 saturated heterocycles. The van der Waals surface area contributed by atoms with Crippen LogP contribution in [0.3, 0.4) is 0 Å². The predicted octanol–water partition coefficient (Wildman–Crippen LogP) is 1.39. The normalized spacial score (nSPS) is 26.2. The van der Waals surface area contributed by atoms with Gasteiger partial charge < -0.3 is 5.11 Å². The summed E-state index contributed by atoms with van der Waals surface area (Å²) in [6.45, 7) is 4.58. The Kier molecular flexibility index (Phi) is 3.75. The number of nitrogens with zero attached hydrogens (tertiary/aromatic N) is 1. The van der Waals surface area contributed by atoms with E-state index in [4.69, 9.17) is 0 Å². The van der Waals surface area contributed by atoms with Crippen LogP contribution in [0.25, 0.3) is 0 Å². The first kappa shape index (κ1) is 13.5. The van der Waals surface area contributed by atoms with Gasteiger partial charge in [0.25, 0.3) is 0 Å². The third-order valence-electron chi connectivity index (χ3n) is 3.48. The smallest absolute Gasteiger partial charge is 0.243 e. The molecule has 18 heavy (non-hydrogen) atoms. The summed E-state index contributed by atoms with van der Waals surface area (Å²) in [4.78, 5) is 0.330. The monoisotopic (exact) mass is 269 g/mol. The standard InChI is InChI=1S/C13H19NO3S/c1-10-3-5-12(6-4-10)18(16,17)14-8-7-13(15)11(2)9-14/h3-6,11,13,15H,7-9H2,1-2H3. The molecule has 0 aromatic heterocycles. The zero-order valence-corrected chi connectivity index (χ0v) is 11.5. The van der Waals surface area contributed by atoms with Gasteiger partial charge in [0.05, 0.1) is 11.0 Å². The quantitative estimate of drug-likeness (QED) is 0.882. The van der Waals surface area contributed by atoms with Crippen LogP contribution in [0.4, 0.5) is 0 Å². The van der Waals surface area contributed by atoms with E-state index in [1.54, 1.807) is 24.3 Å². The van der Waals surface area contributed by atoms with E-state index in [0.717, 1.165) is 5.56 Å². The first-order valence-corrected chi connectivity index (χ1v) is 7.60. The van der Waals surface area contributed by atoms with Crippen LogP contribution in [0.5, 0.6) is 0 Å². The molecule has 1 aliphatic heterocycles. The molecule has 1 aromatic carbocycles. The number of hydrogen-bond acceptors (Lipinski definition) is 3. The maximum atomic E-state index is 12.4. The lowest BCUT2D eigenvalue weighted by Gasteiger charge is -2.33. The van der Waals surface area contributed by atoms with Crippen LogP contribution in [0.15, 0.2) is 29.2 Å². The Balaban J connectivity index is 2.24. The van der Waals surface area contributed by atoms with Crippen molar-refractivity contribution in [3.05, 3.63) is 29.8 Å². The highest BCUT2D eigenvalue weighted by Crippen LogP contribution is 2.23. The lowest BCUT2D eigenvalue weighted by atomic mass is 9.99. The molecule has 2 atom stereocenters. The average Bonchev–Trinajstić information content (AvgIpc) is 2.33. The minimum atomic E-state index is -3.41. The zero-order chi connectivity index (χ0) is 13.3. The van der Waals surface area contributed by atoms with Crippen LogP contribution in [-0.2, 0) is 10.0 Å². The molecule has 5 heteroatoms. The van der Waals surface area contributed by atoms with Crippen LogP contribution in [0.2, 0.25) is 0 Å². The summed E-state index contributed by atoms with van der Waals surface area (Å²) in [7, 11) is -3.41. The number of aryl methyl sites for hydroxylation is 1. The van der Waals surface area contributed by atoms with Crippen molar-refractivity contribution >= 4 is 10.0 Å². The van der Waals surface area contributed by atoms with Crippen molar-refractivity contribution in [1.29, 1.82) is 0 Å². The summed E-state index contributed by atoms with van der Waals surface area (Å²) in [5.74, 6) is -0.0148. The summed E-state index contributed by atoms with van der Waals surface area (Å²) < 4.78 is 26.3. The molecule has 4 nitrogen and oxygen atoms in total. The first-order valence-electron chi connectivity index (χ1n) is 6.16. The van der Waals surface area contributed by atoms with Gasteiger partial charge in [-0.3, -0.25) is 0 Å². The highest BCUT2D eigenvalue weighted by atomic mass is 32.2. The minimum absolute atomic E-state index is 0.0148. The molecule has 1 aromatic rings. The first-order chi connectivity index (χ1) is 8.41. The Labute approximate surface area is 108 Å². The Morgan fingerprint density at radius 1 is 1.28 bits per heavy atom. The van der Waals surface area contributed by atoms with Gasteiger partial charge in [-0.1, -0.05) is 24.6 Å². The van der Waals surface area contributed by atoms with E-state index in [9.17, 15) is 13.5 Å². The fourth-order valence-corrected chi connectivity index (χ4v) is 3.73. The van der Waals surface area contributed by atoms with E-state index in [-0.39, 0.29) is 5.92 Å². The lowest BCUT2D eigenvalue weighted by Crippen LogP contribution is -2.44. The van der Waals surface area contributed by atoms with Crippen LogP contribution in [0.1, 0.15) is 18.9 Å². The van der Waals surface area contributed by atoms with Crippen LogP contribution < -0.4 is 0 Å². The molecule has 0 amide bonds. The van der Waals surface area contributed by atoms with E-state index >= 15 is 0 Å². The Morgan fingerprint density at radius 2 is 1.89 bits per heavy atom. The van der Waals surface area contributed by atoms with Gasteiger partial charge in [-0.15, -0.1) is 0 Å². The second kappa shape index (κ2) is 4.99. The van der Waals surface area contributed by atoms with Gasteiger partial charge >= 0.3 is 0 Å². The van der Waals surface area contributed by atoms with Crippen molar-refractivity contribution in [3.8, 4) is 0 Å². The maximum Gasteiger partial charge on any atom is 0.243 e. The SMILES string of the molecule is Cc1ccc(S(=O)(=O)N2CCC(O)C(C)C2)cc1. The van der Waals surface area contributed by atoms with Gasteiger partial charge in [0, 0.05) is 13.1 Å². The number of aliphatic hydroxyl groups excluding tert-OH is 1. The fourth-order valence-electron chi connectivity index (χ4n) is 2.17. The topological polar surface area (TPSA) is 57.6 Å².